The van der Waals surface area contributed by atoms with Crippen LogP contribution in [0.3, 0.4) is 0 Å². The summed E-state index contributed by atoms with van der Waals surface area (Å²) in [6.07, 6.45) is 0. The van der Waals surface area contributed by atoms with Crippen LogP contribution >= 0.6 is 0 Å². The van der Waals surface area contributed by atoms with Crippen molar-refractivity contribution in [3.8, 4) is 0 Å². The molecule has 0 aromatic carbocycles. The first-order valence-electron chi connectivity index (χ1n) is 6.32. The van der Waals surface area contributed by atoms with Crippen LogP contribution in [0, 0.1) is 0 Å². The molecule has 4 nitrogen and oxygen atoms in total. The predicted octanol–water partition coefficient (Wildman–Crippen LogP) is -0.273. The number of piperazine rings is 2. The molecule has 2 aliphatic rings. The number of rotatable bonds is 0. The van der Waals surface area contributed by atoms with Crippen molar-refractivity contribution in [1.82, 2.24) is 19.6 Å². The van der Waals surface area contributed by atoms with E-state index >= 15 is 0 Å². The second-order valence-electron chi connectivity index (χ2n) is 5.21. The molecule has 2 fully saturated rings. The van der Waals surface area contributed by atoms with Gasteiger partial charge in [0.1, 0.15) is 0 Å². The van der Waals surface area contributed by atoms with Gasteiger partial charge in [-0.1, -0.05) is 0 Å². The third-order valence-electron chi connectivity index (χ3n) is 3.45. The van der Waals surface area contributed by atoms with Crippen molar-refractivity contribution >= 4 is 0 Å². The molecule has 0 aromatic heterocycles. The Morgan fingerprint density at radius 2 is 0.500 bits per heavy atom. The third-order valence-corrected chi connectivity index (χ3v) is 3.45. The lowest BCUT2D eigenvalue weighted by atomic mass is 10.4. The van der Waals surface area contributed by atoms with Crippen LogP contribution in [0.1, 0.15) is 0 Å². The monoisotopic (exact) mass is 228 g/mol. The maximum Gasteiger partial charge on any atom is 0.0107 e. The summed E-state index contributed by atoms with van der Waals surface area (Å²) < 4.78 is 0. The lowest BCUT2D eigenvalue weighted by molar-refractivity contribution is 0.181. The molecule has 2 aliphatic heterocycles. The summed E-state index contributed by atoms with van der Waals surface area (Å²) in [5.41, 5.74) is 0. The van der Waals surface area contributed by atoms with Crippen molar-refractivity contribution in [3.63, 3.8) is 0 Å². The second-order valence-corrected chi connectivity index (χ2v) is 5.21. The smallest absolute Gasteiger partial charge is 0.0107 e. The standard InChI is InChI=1S/2C6H14N2/c2*1-7-3-5-8(2)6-4-7/h2*3-6H2,1-2H3. The van der Waals surface area contributed by atoms with Gasteiger partial charge in [0.25, 0.3) is 0 Å². The van der Waals surface area contributed by atoms with E-state index in [2.05, 4.69) is 47.8 Å². The third kappa shape index (κ3) is 5.80. The Kier molecular flexibility index (Phi) is 6.28. The Labute approximate surface area is 101 Å². The van der Waals surface area contributed by atoms with E-state index in [9.17, 15) is 0 Å². The van der Waals surface area contributed by atoms with Gasteiger partial charge in [-0.05, 0) is 28.2 Å². The Hall–Kier alpha value is -0.160. The molecule has 0 radical (unpaired) electrons. The first-order chi connectivity index (χ1) is 7.58. The minimum Gasteiger partial charge on any atom is -0.304 e. The highest BCUT2D eigenvalue weighted by atomic mass is 15.2. The number of nitrogens with zero attached hydrogens (tertiary/aromatic N) is 4. The number of likely N-dealkylation sites (N-methyl/N-ethyl adjacent to an activating group) is 4. The van der Waals surface area contributed by atoms with Crippen molar-refractivity contribution in [1.29, 1.82) is 0 Å². The van der Waals surface area contributed by atoms with Gasteiger partial charge in [-0.3, -0.25) is 0 Å². The second kappa shape index (κ2) is 7.22. The van der Waals surface area contributed by atoms with Crippen LogP contribution in [-0.2, 0) is 0 Å². The van der Waals surface area contributed by atoms with Gasteiger partial charge in [0.2, 0.25) is 0 Å². The molecule has 0 spiro atoms. The molecule has 0 aromatic rings. The molecular formula is C12H28N4. The van der Waals surface area contributed by atoms with E-state index < -0.39 is 0 Å². The zero-order chi connectivity index (χ0) is 12.0. The van der Waals surface area contributed by atoms with Gasteiger partial charge in [0.15, 0.2) is 0 Å². The molecule has 2 heterocycles. The van der Waals surface area contributed by atoms with Gasteiger partial charge in [-0.2, -0.15) is 0 Å². The first-order valence-corrected chi connectivity index (χ1v) is 6.32. The molecule has 0 N–H and O–H groups in total. The van der Waals surface area contributed by atoms with Crippen molar-refractivity contribution in [2.45, 2.75) is 0 Å². The van der Waals surface area contributed by atoms with E-state index in [0.717, 1.165) is 0 Å². The molecular weight excluding hydrogens is 200 g/mol. The van der Waals surface area contributed by atoms with E-state index in [-0.39, 0.29) is 0 Å². The van der Waals surface area contributed by atoms with Crippen LogP contribution in [0.5, 0.6) is 0 Å². The molecule has 0 unspecified atom stereocenters. The lowest BCUT2D eigenvalue weighted by Gasteiger charge is -2.28. The van der Waals surface area contributed by atoms with Crippen LogP contribution in [0.4, 0.5) is 0 Å². The van der Waals surface area contributed by atoms with E-state index in [1.54, 1.807) is 0 Å². The zero-order valence-corrected chi connectivity index (χ0v) is 11.4. The average Bonchev–Trinajstić information content (AvgIpc) is 2.28. The maximum absolute atomic E-state index is 2.36. The van der Waals surface area contributed by atoms with E-state index in [0.29, 0.717) is 0 Å². The molecule has 2 saturated heterocycles. The SMILES string of the molecule is CN1CCN(C)CC1.CN1CCN(C)CC1. The Morgan fingerprint density at radius 1 is 0.375 bits per heavy atom. The topological polar surface area (TPSA) is 13.0 Å². The van der Waals surface area contributed by atoms with Crippen molar-refractivity contribution in [3.05, 3.63) is 0 Å². The van der Waals surface area contributed by atoms with Gasteiger partial charge in [0, 0.05) is 52.4 Å². The van der Waals surface area contributed by atoms with E-state index in [1.807, 2.05) is 0 Å². The Bertz CT molecular complexity index is 130. The molecule has 0 atom stereocenters. The van der Waals surface area contributed by atoms with Crippen LogP contribution in [0.15, 0.2) is 0 Å². The fourth-order valence-corrected chi connectivity index (χ4v) is 1.81. The highest BCUT2D eigenvalue weighted by Gasteiger charge is 2.08. The lowest BCUT2D eigenvalue weighted by Crippen LogP contribution is -2.42. The highest BCUT2D eigenvalue weighted by molar-refractivity contribution is 4.65. The quantitative estimate of drug-likeness (QED) is 0.566. The molecule has 4 heteroatoms. The van der Waals surface area contributed by atoms with Gasteiger partial charge in [-0.25, -0.2) is 0 Å². The van der Waals surface area contributed by atoms with Crippen LogP contribution in [0.25, 0.3) is 0 Å². The number of hydrogen-bond donors (Lipinski definition) is 0. The fourth-order valence-electron chi connectivity index (χ4n) is 1.81. The summed E-state index contributed by atoms with van der Waals surface area (Å²) in [4.78, 5) is 9.44. The molecule has 2 rings (SSSR count). The van der Waals surface area contributed by atoms with Gasteiger partial charge in [-0.15, -0.1) is 0 Å². The van der Waals surface area contributed by atoms with E-state index in [1.165, 1.54) is 52.4 Å². The Morgan fingerprint density at radius 3 is 0.625 bits per heavy atom. The predicted molar refractivity (Wildman–Crippen MR) is 70.0 cm³/mol. The summed E-state index contributed by atoms with van der Waals surface area (Å²) in [5.74, 6) is 0. The summed E-state index contributed by atoms with van der Waals surface area (Å²) in [6.45, 7) is 9.86. The first kappa shape index (κ1) is 13.9. The van der Waals surface area contributed by atoms with Gasteiger partial charge >= 0.3 is 0 Å². The van der Waals surface area contributed by atoms with Gasteiger partial charge < -0.3 is 19.6 Å². The van der Waals surface area contributed by atoms with Crippen molar-refractivity contribution < 1.29 is 0 Å². The van der Waals surface area contributed by atoms with Crippen molar-refractivity contribution in [2.75, 3.05) is 80.5 Å². The summed E-state index contributed by atoms with van der Waals surface area (Å²) >= 11 is 0. The zero-order valence-electron chi connectivity index (χ0n) is 11.4. The van der Waals surface area contributed by atoms with Gasteiger partial charge in [0.05, 0.1) is 0 Å². The minimum atomic E-state index is 1.23. The molecule has 0 amide bonds. The van der Waals surface area contributed by atoms with Crippen LogP contribution in [-0.4, -0.2) is 100 Å². The molecule has 0 bridgehead atoms. The molecule has 16 heavy (non-hydrogen) atoms. The van der Waals surface area contributed by atoms with Crippen molar-refractivity contribution in [2.24, 2.45) is 0 Å². The summed E-state index contributed by atoms with van der Waals surface area (Å²) in [6, 6.07) is 0. The average molecular weight is 228 g/mol. The fraction of sp³-hybridized carbons (Fsp3) is 1.00. The normalized spacial score (nSPS) is 26.2. The maximum atomic E-state index is 2.36. The minimum absolute atomic E-state index is 1.23. The number of hydrogen-bond acceptors (Lipinski definition) is 4. The Balaban J connectivity index is 0.000000160. The largest absolute Gasteiger partial charge is 0.304 e. The molecule has 0 aliphatic carbocycles. The van der Waals surface area contributed by atoms with Crippen LogP contribution in [0.2, 0.25) is 0 Å². The summed E-state index contributed by atoms with van der Waals surface area (Å²) in [5, 5.41) is 0. The van der Waals surface area contributed by atoms with Crippen LogP contribution < -0.4 is 0 Å². The summed E-state index contributed by atoms with van der Waals surface area (Å²) in [7, 11) is 8.69. The highest BCUT2D eigenvalue weighted by Crippen LogP contribution is 1.94. The molecule has 96 valence electrons. The molecule has 0 saturated carbocycles. The van der Waals surface area contributed by atoms with E-state index in [4.69, 9.17) is 0 Å².